The standard InChI is InChI=1S/C14H20N2O8/c1-6-11(20)7(18)2-3-16(6)4-9(19)15-10-13(22)12(21)8(5-17)24-14(10)23/h2-3,8,10,12-14,17,20-23H,4-5H2,1H3,(H,15,19)/t8-,10?,12-,13-,14?/m1/s1. The van der Waals surface area contributed by atoms with Crippen molar-refractivity contribution in [2.45, 2.75) is 44.1 Å². The van der Waals surface area contributed by atoms with Crippen LogP contribution in [0.2, 0.25) is 0 Å². The van der Waals surface area contributed by atoms with Crippen molar-refractivity contribution in [1.29, 1.82) is 0 Å². The van der Waals surface area contributed by atoms with Crippen molar-refractivity contribution in [3.05, 3.63) is 28.2 Å². The maximum absolute atomic E-state index is 12.1. The van der Waals surface area contributed by atoms with E-state index in [4.69, 9.17) is 9.84 Å². The molecule has 134 valence electrons. The van der Waals surface area contributed by atoms with Gasteiger partial charge in [-0.1, -0.05) is 0 Å². The van der Waals surface area contributed by atoms with Gasteiger partial charge in [-0.15, -0.1) is 0 Å². The summed E-state index contributed by atoms with van der Waals surface area (Å²) in [6.45, 7) is 0.550. The molecule has 0 spiro atoms. The molecule has 10 heteroatoms. The highest BCUT2D eigenvalue weighted by molar-refractivity contribution is 5.76. The minimum Gasteiger partial charge on any atom is -0.503 e. The van der Waals surface area contributed by atoms with Crippen LogP contribution in [0.4, 0.5) is 0 Å². The highest BCUT2D eigenvalue weighted by Crippen LogP contribution is 2.19. The number of rotatable bonds is 4. The molecule has 0 radical (unpaired) electrons. The molecule has 1 aromatic heterocycles. The van der Waals surface area contributed by atoms with E-state index < -0.39 is 54.3 Å². The summed E-state index contributed by atoms with van der Waals surface area (Å²) in [4.78, 5) is 23.4. The summed E-state index contributed by atoms with van der Waals surface area (Å²) in [6, 6.07) is -0.206. The van der Waals surface area contributed by atoms with Crippen molar-refractivity contribution < 1.29 is 35.1 Å². The van der Waals surface area contributed by atoms with Crippen LogP contribution in [0.25, 0.3) is 0 Å². The molecule has 1 aromatic rings. The lowest BCUT2D eigenvalue weighted by Gasteiger charge is -2.40. The lowest BCUT2D eigenvalue weighted by Crippen LogP contribution is -2.64. The minimum absolute atomic E-state index is 0.180. The van der Waals surface area contributed by atoms with Gasteiger partial charge in [-0.3, -0.25) is 9.59 Å². The van der Waals surface area contributed by atoms with Crippen molar-refractivity contribution in [3.8, 4) is 5.75 Å². The maximum atomic E-state index is 12.1. The van der Waals surface area contributed by atoms with Gasteiger partial charge < -0.3 is 40.2 Å². The first kappa shape index (κ1) is 18.4. The van der Waals surface area contributed by atoms with E-state index in [1.807, 2.05) is 0 Å². The normalized spacial score (nSPS) is 30.1. The van der Waals surface area contributed by atoms with Crippen molar-refractivity contribution in [2.75, 3.05) is 6.61 Å². The smallest absolute Gasteiger partial charge is 0.240 e. The van der Waals surface area contributed by atoms with Crippen LogP contribution in [0.1, 0.15) is 5.69 Å². The van der Waals surface area contributed by atoms with E-state index in [0.717, 1.165) is 6.07 Å². The fraction of sp³-hybridized carbons (Fsp3) is 0.571. The summed E-state index contributed by atoms with van der Waals surface area (Å²) in [6.07, 6.45) is -4.49. The zero-order chi connectivity index (χ0) is 18.0. The molecular weight excluding hydrogens is 324 g/mol. The summed E-state index contributed by atoms with van der Waals surface area (Å²) < 4.78 is 6.24. The second kappa shape index (κ2) is 7.28. The SMILES string of the molecule is Cc1c(O)c(=O)ccn1CC(=O)NC1C(O)O[C@H](CO)[C@@H](O)[C@@H]1O. The molecule has 1 aliphatic heterocycles. The number of nitrogens with one attached hydrogen (secondary N) is 1. The number of hydrogen-bond acceptors (Lipinski definition) is 8. The molecule has 1 saturated heterocycles. The van der Waals surface area contributed by atoms with E-state index >= 15 is 0 Å². The lowest BCUT2D eigenvalue weighted by atomic mass is 9.97. The molecular formula is C14H20N2O8. The van der Waals surface area contributed by atoms with Crippen LogP contribution < -0.4 is 10.7 Å². The predicted octanol–water partition coefficient (Wildman–Crippen LogP) is -3.22. The van der Waals surface area contributed by atoms with Gasteiger partial charge in [0.15, 0.2) is 12.0 Å². The van der Waals surface area contributed by atoms with Gasteiger partial charge in [0.2, 0.25) is 11.3 Å². The predicted molar refractivity (Wildman–Crippen MR) is 79.0 cm³/mol. The van der Waals surface area contributed by atoms with Crippen LogP contribution in [0, 0.1) is 6.92 Å². The maximum Gasteiger partial charge on any atom is 0.240 e. The molecule has 1 fully saturated rings. The number of amides is 1. The van der Waals surface area contributed by atoms with Crippen molar-refractivity contribution >= 4 is 5.91 Å². The van der Waals surface area contributed by atoms with Crippen LogP contribution >= 0.6 is 0 Å². The van der Waals surface area contributed by atoms with Gasteiger partial charge in [0.25, 0.3) is 0 Å². The fourth-order valence-corrected chi connectivity index (χ4v) is 2.47. The first-order chi connectivity index (χ1) is 11.3. The van der Waals surface area contributed by atoms with E-state index in [1.54, 1.807) is 0 Å². The third kappa shape index (κ3) is 3.57. The monoisotopic (exact) mass is 344 g/mol. The molecule has 1 aliphatic rings. The Morgan fingerprint density at radius 2 is 2.00 bits per heavy atom. The first-order valence-electron chi connectivity index (χ1n) is 7.25. The average molecular weight is 344 g/mol. The molecule has 5 atom stereocenters. The second-order valence-electron chi connectivity index (χ2n) is 5.56. The van der Waals surface area contributed by atoms with Crippen molar-refractivity contribution in [3.63, 3.8) is 0 Å². The largest absolute Gasteiger partial charge is 0.503 e. The van der Waals surface area contributed by atoms with Gasteiger partial charge in [-0.2, -0.15) is 0 Å². The van der Waals surface area contributed by atoms with Crippen LogP contribution in [0.3, 0.4) is 0 Å². The number of ether oxygens (including phenoxy) is 1. The molecule has 1 amide bonds. The summed E-state index contributed by atoms with van der Waals surface area (Å²) in [5.41, 5.74) is -0.395. The quantitative estimate of drug-likeness (QED) is 0.332. The second-order valence-corrected chi connectivity index (χ2v) is 5.56. The Hall–Kier alpha value is -1.98. The Morgan fingerprint density at radius 3 is 2.62 bits per heavy atom. The third-order valence-corrected chi connectivity index (χ3v) is 3.95. The van der Waals surface area contributed by atoms with Gasteiger partial charge in [0.1, 0.15) is 30.9 Å². The molecule has 2 rings (SSSR count). The fourth-order valence-electron chi connectivity index (χ4n) is 2.47. The molecule has 2 unspecified atom stereocenters. The van der Waals surface area contributed by atoms with Gasteiger partial charge in [-0.25, -0.2) is 0 Å². The van der Waals surface area contributed by atoms with E-state index in [9.17, 15) is 30.0 Å². The van der Waals surface area contributed by atoms with E-state index in [1.165, 1.54) is 17.7 Å². The Balaban J connectivity index is 2.07. The highest BCUT2D eigenvalue weighted by atomic mass is 16.6. The van der Waals surface area contributed by atoms with Crippen LogP contribution in [-0.4, -0.2) is 73.3 Å². The summed E-state index contributed by atoms with van der Waals surface area (Å²) >= 11 is 0. The third-order valence-electron chi connectivity index (χ3n) is 3.95. The van der Waals surface area contributed by atoms with Gasteiger partial charge in [0.05, 0.1) is 12.3 Å². The number of hydrogen-bond donors (Lipinski definition) is 6. The Kier molecular flexibility index (Phi) is 5.57. The number of aliphatic hydroxyl groups excluding tert-OH is 4. The number of nitrogens with zero attached hydrogens (tertiary/aromatic N) is 1. The molecule has 0 bridgehead atoms. The number of aliphatic hydroxyl groups is 4. The molecule has 24 heavy (non-hydrogen) atoms. The molecule has 0 aromatic carbocycles. The average Bonchev–Trinajstić information content (AvgIpc) is 2.55. The summed E-state index contributed by atoms with van der Waals surface area (Å²) in [5, 5.41) is 50.4. The lowest BCUT2D eigenvalue weighted by molar-refractivity contribution is -0.253. The van der Waals surface area contributed by atoms with E-state index in [-0.39, 0.29) is 12.2 Å². The van der Waals surface area contributed by atoms with Crippen molar-refractivity contribution in [2.24, 2.45) is 0 Å². The number of aromatic nitrogens is 1. The Morgan fingerprint density at radius 1 is 1.33 bits per heavy atom. The Bertz CT molecular complexity index is 661. The number of pyridine rings is 1. The van der Waals surface area contributed by atoms with Crippen LogP contribution in [-0.2, 0) is 16.1 Å². The van der Waals surface area contributed by atoms with E-state index in [2.05, 4.69) is 5.32 Å². The van der Waals surface area contributed by atoms with Crippen LogP contribution in [0.15, 0.2) is 17.1 Å². The van der Waals surface area contributed by atoms with Crippen LogP contribution in [0.5, 0.6) is 5.75 Å². The number of aromatic hydroxyl groups is 1. The molecule has 2 heterocycles. The zero-order valence-electron chi connectivity index (χ0n) is 12.9. The topological polar surface area (TPSA) is 161 Å². The molecule has 6 N–H and O–H groups in total. The van der Waals surface area contributed by atoms with Gasteiger partial charge >= 0.3 is 0 Å². The minimum atomic E-state index is -1.62. The van der Waals surface area contributed by atoms with Crippen molar-refractivity contribution in [1.82, 2.24) is 9.88 Å². The van der Waals surface area contributed by atoms with Gasteiger partial charge in [-0.05, 0) is 6.92 Å². The van der Waals surface area contributed by atoms with Gasteiger partial charge in [0, 0.05) is 12.3 Å². The first-order valence-corrected chi connectivity index (χ1v) is 7.25. The Labute approximate surface area is 136 Å². The number of carbonyl (C=O) groups excluding carboxylic acids is 1. The molecule has 0 saturated carbocycles. The molecule has 0 aliphatic carbocycles. The zero-order valence-corrected chi connectivity index (χ0v) is 12.9. The highest BCUT2D eigenvalue weighted by Gasteiger charge is 2.44. The van der Waals surface area contributed by atoms with E-state index in [0.29, 0.717) is 0 Å². The summed E-state index contributed by atoms with van der Waals surface area (Å²) in [5.74, 6) is -1.13. The summed E-state index contributed by atoms with van der Waals surface area (Å²) in [7, 11) is 0. The molecule has 10 nitrogen and oxygen atoms in total. The number of carbonyl (C=O) groups is 1.